The Morgan fingerprint density at radius 3 is 2.86 bits per heavy atom. The largest absolute Gasteiger partial charge is 0.479 e. The maximum Gasteiger partial charge on any atom is 0.208 e. The molecule has 1 heterocycles. The molecule has 0 atom stereocenters. The van der Waals surface area contributed by atoms with E-state index in [1.807, 2.05) is 6.07 Å². The molecule has 0 aliphatic heterocycles. The number of aromatic nitrogens is 1. The van der Waals surface area contributed by atoms with E-state index in [-0.39, 0.29) is 44.9 Å². The van der Waals surface area contributed by atoms with E-state index in [1.165, 1.54) is 4.57 Å². The number of nitriles is 1. The van der Waals surface area contributed by atoms with Crippen molar-refractivity contribution >= 4 is 27.5 Å². The molecule has 7 heteroatoms. The maximum absolute atomic E-state index is 11.9. The van der Waals surface area contributed by atoms with E-state index in [1.54, 1.807) is 31.3 Å². The van der Waals surface area contributed by atoms with Gasteiger partial charge in [-0.05, 0) is 21.6 Å². The molecule has 0 fully saturated rings. The normalized spacial score (nSPS) is 9.62. The van der Waals surface area contributed by atoms with E-state index in [0.29, 0.717) is 26.5 Å². The Kier molecular flexibility index (Phi) is 7.09. The summed E-state index contributed by atoms with van der Waals surface area (Å²) in [6, 6.07) is 11.5. The maximum atomic E-state index is 11.9. The Hall–Kier alpha value is -0.666. The Morgan fingerprint density at radius 1 is 1.52 bits per heavy atom. The molecule has 4 nitrogen and oxygen atoms in total. The molecule has 1 aromatic carbocycles. The number of halogens is 2. The molecule has 21 heavy (non-hydrogen) atoms. The van der Waals surface area contributed by atoms with E-state index in [2.05, 4.69) is 22.0 Å². The van der Waals surface area contributed by atoms with Crippen LogP contribution in [0.15, 0.2) is 33.5 Å². The van der Waals surface area contributed by atoms with Gasteiger partial charge >= 0.3 is 0 Å². The number of ether oxygens (including phenoxy) is 1. The van der Waals surface area contributed by atoms with Crippen molar-refractivity contribution in [2.24, 2.45) is 7.05 Å². The van der Waals surface area contributed by atoms with Gasteiger partial charge in [-0.15, -0.1) is 22.0 Å². The van der Waals surface area contributed by atoms with Gasteiger partial charge in [0.2, 0.25) is 5.56 Å². The van der Waals surface area contributed by atoms with Crippen LogP contribution in [0.5, 0.6) is 5.75 Å². The Labute approximate surface area is 160 Å². The minimum Gasteiger partial charge on any atom is -0.479 e. The van der Waals surface area contributed by atoms with Gasteiger partial charge in [0.15, 0.2) is 6.61 Å². The van der Waals surface area contributed by atoms with Gasteiger partial charge < -0.3 is 9.30 Å². The van der Waals surface area contributed by atoms with Gasteiger partial charge in [0.25, 0.3) is 0 Å². The van der Waals surface area contributed by atoms with E-state index in [4.69, 9.17) is 21.6 Å². The minimum absolute atomic E-state index is 0. The summed E-state index contributed by atoms with van der Waals surface area (Å²) >= 11 is 9.36. The predicted octanol–water partition coefficient (Wildman–Crippen LogP) is 3.17. The third-order valence-electron chi connectivity index (χ3n) is 2.68. The molecule has 1 radical (unpaired) electrons. The molecule has 2 rings (SSSR count). The topological polar surface area (TPSA) is 55.0 Å². The molecule has 0 aliphatic rings. The SMILES string of the molecule is Cn1c(-c2ccc(OCC#N)cc2Cl)[c-]cc(Br)c1=O.[Y]. The Balaban J connectivity index is 0.00000220. The van der Waals surface area contributed by atoms with Crippen LogP contribution in [0.4, 0.5) is 0 Å². The summed E-state index contributed by atoms with van der Waals surface area (Å²) in [6.07, 6.45) is 0. The first-order valence-corrected chi connectivity index (χ1v) is 6.78. The molecule has 0 spiro atoms. The molecule has 0 N–H and O–H groups in total. The van der Waals surface area contributed by atoms with Crippen molar-refractivity contribution in [2.45, 2.75) is 0 Å². The van der Waals surface area contributed by atoms with Crippen LogP contribution in [0.3, 0.4) is 0 Å². The number of benzene rings is 1. The average molecular weight is 442 g/mol. The molecule has 0 unspecified atom stereocenters. The van der Waals surface area contributed by atoms with Gasteiger partial charge in [0, 0.05) is 39.8 Å². The minimum atomic E-state index is -0.167. The zero-order valence-corrected chi connectivity index (χ0v) is 16.2. The summed E-state index contributed by atoms with van der Waals surface area (Å²) < 4.78 is 7.07. The van der Waals surface area contributed by atoms with E-state index in [0.717, 1.165) is 0 Å². The third-order valence-corrected chi connectivity index (χ3v) is 3.56. The number of nitrogens with zero attached hydrogens (tertiary/aromatic N) is 2. The number of hydrogen-bond acceptors (Lipinski definition) is 3. The Morgan fingerprint density at radius 2 is 2.24 bits per heavy atom. The van der Waals surface area contributed by atoms with Crippen LogP contribution < -0.4 is 10.3 Å². The quantitative estimate of drug-likeness (QED) is 0.688. The summed E-state index contributed by atoms with van der Waals surface area (Å²) in [7, 11) is 1.65. The van der Waals surface area contributed by atoms with Crippen molar-refractivity contribution < 1.29 is 37.4 Å². The van der Waals surface area contributed by atoms with Crippen LogP contribution in [0, 0.1) is 17.4 Å². The number of pyridine rings is 1. The molecule has 0 saturated heterocycles. The Bertz CT molecular complexity index is 756. The third kappa shape index (κ3) is 4.17. The fourth-order valence-corrected chi connectivity index (χ4v) is 2.34. The summed E-state index contributed by atoms with van der Waals surface area (Å²) in [5.41, 5.74) is 1.08. The molecule has 0 amide bonds. The summed E-state index contributed by atoms with van der Waals surface area (Å²) in [5, 5.41) is 8.89. The van der Waals surface area contributed by atoms with Gasteiger partial charge in [-0.1, -0.05) is 22.9 Å². The van der Waals surface area contributed by atoms with Crippen LogP contribution >= 0.6 is 27.5 Å². The average Bonchev–Trinajstić information content (AvgIpc) is 2.44. The number of rotatable bonds is 3. The zero-order chi connectivity index (χ0) is 14.7. The van der Waals surface area contributed by atoms with E-state index in [9.17, 15) is 4.79 Å². The molecule has 0 bridgehead atoms. The first kappa shape index (κ1) is 18.4. The molecule has 0 saturated carbocycles. The second-order valence-electron chi connectivity index (χ2n) is 3.94. The smallest absolute Gasteiger partial charge is 0.208 e. The van der Waals surface area contributed by atoms with Crippen molar-refractivity contribution in [1.82, 2.24) is 4.57 Å². The fourth-order valence-electron chi connectivity index (χ4n) is 1.70. The molecular weight excluding hydrogens is 432 g/mol. The summed E-state index contributed by atoms with van der Waals surface area (Å²) in [4.78, 5) is 11.9. The van der Waals surface area contributed by atoms with Crippen LogP contribution in [0.25, 0.3) is 11.3 Å². The first-order chi connectivity index (χ1) is 9.54. The molecular formula is C14H9BrClN2O2Y-. The van der Waals surface area contributed by atoms with Crippen molar-refractivity contribution in [3.8, 4) is 23.1 Å². The second-order valence-corrected chi connectivity index (χ2v) is 5.20. The van der Waals surface area contributed by atoms with Gasteiger partial charge in [-0.2, -0.15) is 17.4 Å². The zero-order valence-electron chi connectivity index (χ0n) is 11.1. The van der Waals surface area contributed by atoms with Crippen molar-refractivity contribution in [1.29, 1.82) is 5.26 Å². The van der Waals surface area contributed by atoms with Crippen LogP contribution in [0.1, 0.15) is 0 Å². The first-order valence-electron chi connectivity index (χ1n) is 5.61. The second kappa shape index (κ2) is 8.09. The van der Waals surface area contributed by atoms with Crippen LogP contribution in [-0.2, 0) is 39.8 Å². The van der Waals surface area contributed by atoms with Gasteiger partial charge in [-0.25, -0.2) is 0 Å². The van der Waals surface area contributed by atoms with Crippen LogP contribution in [0.2, 0.25) is 5.02 Å². The fraction of sp³-hybridized carbons (Fsp3) is 0.143. The van der Waals surface area contributed by atoms with Crippen molar-refractivity contribution in [2.75, 3.05) is 6.61 Å². The van der Waals surface area contributed by atoms with Gasteiger partial charge in [0.05, 0.1) is 0 Å². The van der Waals surface area contributed by atoms with Crippen molar-refractivity contribution in [3.63, 3.8) is 0 Å². The van der Waals surface area contributed by atoms with E-state index < -0.39 is 0 Å². The van der Waals surface area contributed by atoms with Crippen molar-refractivity contribution in [3.05, 3.63) is 50.2 Å². The van der Waals surface area contributed by atoms with Gasteiger partial charge in [0.1, 0.15) is 11.8 Å². The van der Waals surface area contributed by atoms with Gasteiger partial charge in [-0.3, -0.25) is 4.79 Å². The van der Waals surface area contributed by atoms with Crippen LogP contribution in [-0.4, -0.2) is 11.2 Å². The number of hydrogen-bond donors (Lipinski definition) is 0. The standard InChI is InChI=1S/C14H9BrClN2O2.Y/c1-18-13(5-4-11(15)14(18)19)10-3-2-9(8-12(10)16)20-7-6-17;/h2-4,8H,7H2,1H3;/q-1;. The summed E-state index contributed by atoms with van der Waals surface area (Å²) in [5.74, 6) is 0.502. The monoisotopic (exact) mass is 440 g/mol. The molecule has 0 aliphatic carbocycles. The van der Waals surface area contributed by atoms with E-state index >= 15 is 0 Å². The summed E-state index contributed by atoms with van der Waals surface area (Å²) in [6.45, 7) is -0.0431. The molecule has 2 aromatic rings. The molecule has 1 aromatic heterocycles. The molecule has 105 valence electrons. The predicted molar refractivity (Wildman–Crippen MR) is 79.8 cm³/mol.